The van der Waals surface area contributed by atoms with Crippen molar-refractivity contribution in [2.75, 3.05) is 12.3 Å². The molecule has 0 amide bonds. The minimum atomic E-state index is -4.07. The summed E-state index contributed by atoms with van der Waals surface area (Å²) in [6.45, 7) is 5.63. The van der Waals surface area contributed by atoms with Gasteiger partial charge in [0, 0.05) is 6.54 Å². The monoisotopic (exact) mass is 237 g/mol. The van der Waals surface area contributed by atoms with Crippen molar-refractivity contribution in [3.8, 4) is 0 Å². The minimum Gasteiger partial charge on any atom is -0.370 e. The maximum absolute atomic E-state index is 10.8. The van der Waals surface area contributed by atoms with Gasteiger partial charge in [-0.3, -0.25) is 9.96 Å². The number of rotatable bonds is 5. The molecule has 0 bridgehead atoms. The molecule has 0 aliphatic rings. The first-order chi connectivity index (χ1) is 6.60. The lowest BCUT2D eigenvalue weighted by molar-refractivity contribution is 0.232. The fraction of sp³-hybridized carbons (Fsp3) is 0.875. The maximum Gasteiger partial charge on any atom is 0.267 e. The lowest BCUT2D eigenvalue weighted by Gasteiger charge is -2.37. The Hall–Kier alpha value is -0.820. The van der Waals surface area contributed by atoms with E-state index in [1.807, 2.05) is 6.92 Å². The van der Waals surface area contributed by atoms with Crippen LogP contribution >= 0.6 is 0 Å². The average Bonchev–Trinajstić information content (AvgIpc) is 1.93. The van der Waals surface area contributed by atoms with E-state index in [4.69, 9.17) is 15.7 Å². The second kappa shape index (κ2) is 4.80. The van der Waals surface area contributed by atoms with Crippen LogP contribution in [0.5, 0.6) is 0 Å². The summed E-state index contributed by atoms with van der Waals surface area (Å²) in [5, 5.41) is 7.35. The molecule has 0 fully saturated rings. The van der Waals surface area contributed by atoms with E-state index in [2.05, 4.69) is 0 Å². The summed E-state index contributed by atoms with van der Waals surface area (Å²) in [5.41, 5.74) is 4.48. The van der Waals surface area contributed by atoms with E-state index in [0.29, 0.717) is 6.54 Å². The van der Waals surface area contributed by atoms with E-state index in [-0.39, 0.29) is 5.96 Å². The average molecular weight is 237 g/mol. The van der Waals surface area contributed by atoms with Gasteiger partial charge in [-0.2, -0.15) is 8.42 Å². The molecule has 7 heteroatoms. The van der Waals surface area contributed by atoms with Gasteiger partial charge in [0.25, 0.3) is 10.1 Å². The van der Waals surface area contributed by atoms with Crippen LogP contribution in [0, 0.1) is 5.41 Å². The third-order valence-corrected chi connectivity index (χ3v) is 3.08. The minimum absolute atomic E-state index is 0.189. The van der Waals surface area contributed by atoms with Crippen molar-refractivity contribution >= 4 is 16.1 Å². The Bertz CT molecular complexity index is 324. The fourth-order valence-corrected chi connectivity index (χ4v) is 2.55. The molecule has 0 rings (SSSR count). The number of nitrogens with one attached hydrogen (secondary N) is 1. The highest BCUT2D eigenvalue weighted by molar-refractivity contribution is 7.85. The Labute approximate surface area is 90.7 Å². The third kappa shape index (κ3) is 4.98. The molecule has 6 nitrogen and oxygen atoms in total. The van der Waals surface area contributed by atoms with Crippen LogP contribution in [0.25, 0.3) is 0 Å². The van der Waals surface area contributed by atoms with E-state index in [1.165, 1.54) is 4.90 Å². The first kappa shape index (κ1) is 14.2. The topological polar surface area (TPSA) is 107 Å². The molecule has 0 spiro atoms. The molecule has 0 aromatic rings. The second-order valence-electron chi connectivity index (χ2n) is 4.08. The van der Waals surface area contributed by atoms with Crippen molar-refractivity contribution in [3.05, 3.63) is 0 Å². The van der Waals surface area contributed by atoms with Crippen LogP contribution in [0.2, 0.25) is 0 Å². The zero-order valence-corrected chi connectivity index (χ0v) is 10.1. The highest BCUT2D eigenvalue weighted by Crippen LogP contribution is 2.16. The van der Waals surface area contributed by atoms with Crippen molar-refractivity contribution in [1.82, 2.24) is 4.90 Å². The van der Waals surface area contributed by atoms with Gasteiger partial charge in [0.15, 0.2) is 5.96 Å². The van der Waals surface area contributed by atoms with E-state index in [0.717, 1.165) is 6.42 Å². The number of hydrogen-bond acceptors (Lipinski definition) is 3. The summed E-state index contributed by atoms with van der Waals surface area (Å²) in [6, 6.07) is 0. The first-order valence-electron chi connectivity index (χ1n) is 4.67. The van der Waals surface area contributed by atoms with E-state index in [1.54, 1.807) is 13.8 Å². The van der Waals surface area contributed by atoms with Crippen LogP contribution in [-0.4, -0.2) is 41.7 Å². The molecular weight excluding hydrogens is 218 g/mol. The van der Waals surface area contributed by atoms with Crippen molar-refractivity contribution < 1.29 is 13.0 Å². The van der Waals surface area contributed by atoms with Crippen LogP contribution < -0.4 is 5.73 Å². The predicted octanol–water partition coefficient (Wildman–Crippen LogP) is 0.258. The van der Waals surface area contributed by atoms with Crippen molar-refractivity contribution in [1.29, 1.82) is 5.41 Å². The van der Waals surface area contributed by atoms with Gasteiger partial charge in [0.1, 0.15) is 0 Å². The number of nitrogens with zero attached hydrogens (tertiary/aromatic N) is 1. The first-order valence-corrected chi connectivity index (χ1v) is 6.28. The predicted molar refractivity (Wildman–Crippen MR) is 59.4 cm³/mol. The van der Waals surface area contributed by atoms with Gasteiger partial charge in [0.2, 0.25) is 0 Å². The summed E-state index contributed by atoms with van der Waals surface area (Å²) in [6.07, 6.45) is 0.745. The SMILES string of the molecule is CCCN(C(=N)N)C(C)(C)CS(=O)(=O)O. The third-order valence-electron chi connectivity index (χ3n) is 2.00. The fourth-order valence-electron chi connectivity index (χ4n) is 1.50. The van der Waals surface area contributed by atoms with Gasteiger partial charge in [-0.1, -0.05) is 6.92 Å². The molecule has 4 N–H and O–H groups in total. The summed E-state index contributed by atoms with van der Waals surface area (Å²) >= 11 is 0. The van der Waals surface area contributed by atoms with Gasteiger partial charge in [-0.25, -0.2) is 0 Å². The number of nitrogens with two attached hydrogens (primary N) is 1. The molecule has 90 valence electrons. The van der Waals surface area contributed by atoms with Crippen LogP contribution in [0.4, 0.5) is 0 Å². The Balaban J connectivity index is 4.86. The molecule has 0 aromatic heterocycles. The molecule has 0 saturated carbocycles. The molecule has 0 aromatic carbocycles. The molecule has 15 heavy (non-hydrogen) atoms. The number of hydrogen-bond donors (Lipinski definition) is 3. The molecule has 0 aliphatic carbocycles. The molecule has 0 saturated heterocycles. The smallest absolute Gasteiger partial charge is 0.267 e. The maximum atomic E-state index is 10.8. The van der Waals surface area contributed by atoms with Gasteiger partial charge < -0.3 is 10.6 Å². The molecule has 0 radical (unpaired) electrons. The van der Waals surface area contributed by atoms with Crippen molar-refractivity contribution in [2.45, 2.75) is 32.7 Å². The lowest BCUT2D eigenvalue weighted by atomic mass is 10.1. The zero-order valence-electron chi connectivity index (χ0n) is 9.32. The van der Waals surface area contributed by atoms with Crippen molar-refractivity contribution in [3.63, 3.8) is 0 Å². The van der Waals surface area contributed by atoms with Crippen LogP contribution in [0.3, 0.4) is 0 Å². The van der Waals surface area contributed by atoms with Crippen LogP contribution in [-0.2, 0) is 10.1 Å². The zero-order chi connectivity index (χ0) is 12.3. The molecular formula is C8H19N3O3S. The Morgan fingerprint density at radius 2 is 2.00 bits per heavy atom. The summed E-state index contributed by atoms with van der Waals surface area (Å²) in [5.74, 6) is -0.634. The molecule has 0 atom stereocenters. The van der Waals surface area contributed by atoms with E-state index >= 15 is 0 Å². The van der Waals surface area contributed by atoms with Gasteiger partial charge in [-0.05, 0) is 20.3 Å². The van der Waals surface area contributed by atoms with Gasteiger partial charge >= 0.3 is 0 Å². The largest absolute Gasteiger partial charge is 0.370 e. The molecule has 0 unspecified atom stereocenters. The highest BCUT2D eigenvalue weighted by Gasteiger charge is 2.32. The lowest BCUT2D eigenvalue weighted by Crippen LogP contribution is -2.54. The normalized spacial score (nSPS) is 12.5. The Morgan fingerprint density at radius 3 is 2.27 bits per heavy atom. The molecule has 0 heterocycles. The van der Waals surface area contributed by atoms with Crippen LogP contribution in [0.1, 0.15) is 27.2 Å². The summed E-state index contributed by atoms with van der Waals surface area (Å²) in [4.78, 5) is 1.46. The Morgan fingerprint density at radius 1 is 1.53 bits per heavy atom. The standard InChI is InChI=1S/C8H19N3O3S/c1-4-5-11(7(9)10)8(2,3)6-15(12,13)14/h4-6H2,1-3H3,(H3,9,10)(H,12,13,14). The highest BCUT2D eigenvalue weighted by atomic mass is 32.2. The second-order valence-corrected chi connectivity index (χ2v) is 5.53. The van der Waals surface area contributed by atoms with E-state index in [9.17, 15) is 8.42 Å². The van der Waals surface area contributed by atoms with Crippen molar-refractivity contribution in [2.24, 2.45) is 5.73 Å². The summed E-state index contributed by atoms with van der Waals surface area (Å²) in [7, 11) is -4.07. The van der Waals surface area contributed by atoms with Gasteiger partial charge in [0.05, 0.1) is 11.3 Å². The van der Waals surface area contributed by atoms with E-state index < -0.39 is 21.4 Å². The summed E-state index contributed by atoms with van der Waals surface area (Å²) < 4.78 is 30.4. The number of guanidine groups is 1. The van der Waals surface area contributed by atoms with Crippen LogP contribution in [0.15, 0.2) is 0 Å². The Kier molecular flexibility index (Phi) is 4.54. The molecule has 0 aliphatic heterocycles. The quantitative estimate of drug-likeness (QED) is 0.361. The van der Waals surface area contributed by atoms with Gasteiger partial charge in [-0.15, -0.1) is 0 Å².